The minimum Gasteiger partial charge on any atom is -0.301 e. The van der Waals surface area contributed by atoms with Crippen molar-refractivity contribution in [1.29, 1.82) is 0 Å². The SMILES string of the molecule is CN(C)[C@@H](CNS(=O)(=O)c1ccc(Cl)cc1)c1ccccc1. The first kappa shape index (κ1) is 17.0. The van der Waals surface area contributed by atoms with Crippen LogP contribution in [0.4, 0.5) is 0 Å². The molecule has 0 heterocycles. The lowest BCUT2D eigenvalue weighted by Gasteiger charge is -2.25. The van der Waals surface area contributed by atoms with Gasteiger partial charge < -0.3 is 4.90 Å². The van der Waals surface area contributed by atoms with Crippen LogP contribution >= 0.6 is 11.6 Å². The smallest absolute Gasteiger partial charge is 0.240 e. The van der Waals surface area contributed by atoms with Crippen molar-refractivity contribution in [3.63, 3.8) is 0 Å². The summed E-state index contributed by atoms with van der Waals surface area (Å²) in [6.45, 7) is 0.294. The molecule has 1 atom stereocenters. The van der Waals surface area contributed by atoms with Crippen LogP contribution in [0.25, 0.3) is 0 Å². The lowest BCUT2D eigenvalue weighted by molar-refractivity contribution is 0.299. The highest BCUT2D eigenvalue weighted by molar-refractivity contribution is 7.89. The summed E-state index contributed by atoms with van der Waals surface area (Å²) >= 11 is 5.79. The number of halogens is 1. The monoisotopic (exact) mass is 338 g/mol. The van der Waals surface area contributed by atoms with Crippen molar-refractivity contribution < 1.29 is 8.42 Å². The number of nitrogens with one attached hydrogen (secondary N) is 1. The molecule has 0 saturated carbocycles. The zero-order valence-corrected chi connectivity index (χ0v) is 14.1. The normalized spacial score (nSPS) is 13.3. The number of sulfonamides is 1. The van der Waals surface area contributed by atoms with Gasteiger partial charge in [-0.1, -0.05) is 41.9 Å². The standard InChI is InChI=1S/C16H19ClN2O2S/c1-19(2)16(13-6-4-3-5-7-13)12-18-22(20,21)15-10-8-14(17)9-11-15/h3-11,16,18H,12H2,1-2H3/t16-/m0/s1. The van der Waals surface area contributed by atoms with Crippen molar-refractivity contribution in [3.05, 3.63) is 65.2 Å². The van der Waals surface area contributed by atoms with Gasteiger partial charge in [0.1, 0.15) is 0 Å². The summed E-state index contributed by atoms with van der Waals surface area (Å²) in [7, 11) is 0.301. The summed E-state index contributed by atoms with van der Waals surface area (Å²) in [5.74, 6) is 0. The number of rotatable bonds is 6. The molecule has 0 spiro atoms. The zero-order valence-electron chi connectivity index (χ0n) is 12.5. The van der Waals surface area contributed by atoms with Crippen molar-refractivity contribution in [2.75, 3.05) is 20.6 Å². The molecule has 0 unspecified atom stereocenters. The average Bonchev–Trinajstić information content (AvgIpc) is 2.48. The highest BCUT2D eigenvalue weighted by Gasteiger charge is 2.19. The van der Waals surface area contributed by atoms with Gasteiger partial charge in [0.2, 0.25) is 10.0 Å². The van der Waals surface area contributed by atoms with Crippen LogP contribution in [0.3, 0.4) is 0 Å². The summed E-state index contributed by atoms with van der Waals surface area (Å²) < 4.78 is 27.3. The molecule has 0 amide bonds. The molecular formula is C16H19ClN2O2S. The van der Waals surface area contributed by atoms with Crippen molar-refractivity contribution in [2.45, 2.75) is 10.9 Å². The van der Waals surface area contributed by atoms with Crippen LogP contribution in [0.15, 0.2) is 59.5 Å². The molecule has 22 heavy (non-hydrogen) atoms. The highest BCUT2D eigenvalue weighted by atomic mass is 35.5. The predicted molar refractivity (Wildman–Crippen MR) is 89.5 cm³/mol. The zero-order chi connectivity index (χ0) is 16.2. The molecular weight excluding hydrogens is 320 g/mol. The van der Waals surface area contributed by atoms with Crippen LogP contribution < -0.4 is 4.72 Å². The van der Waals surface area contributed by atoms with E-state index in [1.54, 1.807) is 12.1 Å². The van der Waals surface area contributed by atoms with E-state index in [1.165, 1.54) is 12.1 Å². The van der Waals surface area contributed by atoms with Crippen LogP contribution in [0.5, 0.6) is 0 Å². The molecule has 0 fully saturated rings. The molecule has 0 aliphatic heterocycles. The van der Waals surface area contributed by atoms with Gasteiger partial charge in [0.05, 0.1) is 4.90 Å². The van der Waals surface area contributed by atoms with E-state index < -0.39 is 10.0 Å². The third-order valence-electron chi connectivity index (χ3n) is 3.40. The third kappa shape index (κ3) is 4.30. The molecule has 2 aromatic rings. The van der Waals surface area contributed by atoms with Crippen molar-refractivity contribution in [2.24, 2.45) is 0 Å². The quantitative estimate of drug-likeness (QED) is 0.881. The molecule has 0 bridgehead atoms. The van der Waals surface area contributed by atoms with Gasteiger partial charge in [-0.3, -0.25) is 0 Å². The van der Waals surface area contributed by atoms with Gasteiger partial charge in [0.15, 0.2) is 0 Å². The summed E-state index contributed by atoms with van der Waals surface area (Å²) in [6, 6.07) is 15.9. The summed E-state index contributed by atoms with van der Waals surface area (Å²) in [4.78, 5) is 2.20. The van der Waals surface area contributed by atoms with Crippen LogP contribution in [-0.4, -0.2) is 34.0 Å². The molecule has 0 aromatic heterocycles. The van der Waals surface area contributed by atoms with Crippen molar-refractivity contribution in [1.82, 2.24) is 9.62 Å². The maximum absolute atomic E-state index is 12.3. The Morgan fingerprint density at radius 2 is 1.64 bits per heavy atom. The lowest BCUT2D eigenvalue weighted by atomic mass is 10.1. The van der Waals surface area contributed by atoms with Gasteiger partial charge in [-0.05, 0) is 43.9 Å². The van der Waals surface area contributed by atoms with Gasteiger partial charge in [0.25, 0.3) is 0 Å². The first-order valence-corrected chi connectivity index (χ1v) is 8.73. The lowest BCUT2D eigenvalue weighted by Crippen LogP contribution is -2.34. The number of benzene rings is 2. The maximum Gasteiger partial charge on any atom is 0.240 e. The van der Waals surface area contributed by atoms with Crippen LogP contribution in [0, 0.1) is 0 Å². The second-order valence-electron chi connectivity index (χ2n) is 5.20. The minimum absolute atomic E-state index is 0.0386. The van der Waals surface area contributed by atoms with Crippen molar-refractivity contribution in [3.8, 4) is 0 Å². The fraction of sp³-hybridized carbons (Fsp3) is 0.250. The first-order valence-electron chi connectivity index (χ1n) is 6.87. The van der Waals surface area contributed by atoms with E-state index >= 15 is 0 Å². The molecule has 1 N–H and O–H groups in total. The Bertz CT molecular complexity index is 701. The summed E-state index contributed by atoms with van der Waals surface area (Å²) in [6.07, 6.45) is 0. The Kier molecular flexibility index (Phi) is 5.58. The molecule has 6 heteroatoms. The van der Waals surface area contributed by atoms with E-state index in [-0.39, 0.29) is 10.9 Å². The number of hydrogen-bond acceptors (Lipinski definition) is 3. The first-order chi connectivity index (χ1) is 10.4. The molecule has 4 nitrogen and oxygen atoms in total. The highest BCUT2D eigenvalue weighted by Crippen LogP contribution is 2.19. The number of hydrogen-bond donors (Lipinski definition) is 1. The molecule has 118 valence electrons. The molecule has 0 aliphatic rings. The van der Waals surface area contributed by atoms with Crippen molar-refractivity contribution >= 4 is 21.6 Å². The summed E-state index contributed by atoms with van der Waals surface area (Å²) in [5.41, 5.74) is 1.06. The molecule has 0 aliphatic carbocycles. The molecule has 0 radical (unpaired) electrons. The van der Waals surface area contributed by atoms with Gasteiger partial charge in [-0.25, -0.2) is 13.1 Å². The predicted octanol–water partition coefficient (Wildman–Crippen LogP) is 2.92. The number of nitrogens with zero attached hydrogens (tertiary/aromatic N) is 1. The molecule has 0 saturated heterocycles. The second-order valence-corrected chi connectivity index (χ2v) is 7.40. The topological polar surface area (TPSA) is 49.4 Å². The van der Waals surface area contributed by atoms with E-state index in [4.69, 9.17) is 11.6 Å². The molecule has 2 aromatic carbocycles. The largest absolute Gasteiger partial charge is 0.301 e. The van der Waals surface area contributed by atoms with E-state index in [0.29, 0.717) is 11.6 Å². The Labute approximate surface area is 136 Å². The summed E-state index contributed by atoms with van der Waals surface area (Å²) in [5, 5.41) is 0.509. The van der Waals surface area contributed by atoms with Gasteiger partial charge in [0, 0.05) is 17.6 Å². The Balaban J connectivity index is 2.14. The van der Waals surface area contributed by atoms with Gasteiger partial charge in [-0.15, -0.1) is 0 Å². The Hall–Kier alpha value is -1.40. The van der Waals surface area contributed by atoms with E-state index in [0.717, 1.165) is 5.56 Å². The maximum atomic E-state index is 12.3. The number of likely N-dealkylation sites (N-methyl/N-ethyl adjacent to an activating group) is 1. The third-order valence-corrected chi connectivity index (χ3v) is 5.09. The van der Waals surface area contributed by atoms with Crippen LogP contribution in [0.1, 0.15) is 11.6 Å². The van der Waals surface area contributed by atoms with Gasteiger partial charge >= 0.3 is 0 Å². The van der Waals surface area contributed by atoms with Crippen LogP contribution in [0.2, 0.25) is 5.02 Å². The minimum atomic E-state index is -3.55. The fourth-order valence-corrected chi connectivity index (χ4v) is 3.32. The van der Waals surface area contributed by atoms with E-state index in [1.807, 2.05) is 49.3 Å². The Morgan fingerprint density at radius 3 is 2.18 bits per heavy atom. The van der Waals surface area contributed by atoms with Crippen LogP contribution in [-0.2, 0) is 10.0 Å². The molecule has 2 rings (SSSR count). The Morgan fingerprint density at radius 1 is 1.05 bits per heavy atom. The fourth-order valence-electron chi connectivity index (χ4n) is 2.16. The average molecular weight is 339 g/mol. The van der Waals surface area contributed by atoms with E-state index in [2.05, 4.69) is 4.72 Å². The second kappa shape index (κ2) is 7.24. The van der Waals surface area contributed by atoms with Gasteiger partial charge in [-0.2, -0.15) is 0 Å². The van der Waals surface area contributed by atoms with E-state index in [9.17, 15) is 8.42 Å².